The monoisotopic (exact) mass is 371 g/mol. The molecular formula is C22H26ClNO2. The Bertz CT molecular complexity index is 704. The molecule has 2 aromatic rings. The number of rotatable bonds is 6. The topological polar surface area (TPSA) is 38.3 Å². The van der Waals surface area contributed by atoms with Gasteiger partial charge in [0, 0.05) is 17.1 Å². The SMILES string of the molecule is CCOc1ccc([C@H]2CC[C@H](CC(=O)Nc3ccc(Cl)cc3)CC2)cc1. The molecule has 1 amide bonds. The van der Waals surface area contributed by atoms with Crippen molar-refractivity contribution in [2.75, 3.05) is 11.9 Å². The molecule has 0 atom stereocenters. The van der Waals surface area contributed by atoms with E-state index < -0.39 is 0 Å². The summed E-state index contributed by atoms with van der Waals surface area (Å²) >= 11 is 5.87. The summed E-state index contributed by atoms with van der Waals surface area (Å²) in [6.45, 7) is 2.70. The molecule has 0 radical (unpaired) electrons. The summed E-state index contributed by atoms with van der Waals surface area (Å²) in [6.07, 6.45) is 5.09. The number of carbonyl (C=O) groups is 1. The number of nitrogens with one attached hydrogen (secondary N) is 1. The maximum atomic E-state index is 12.3. The third kappa shape index (κ3) is 5.25. The van der Waals surface area contributed by atoms with E-state index in [2.05, 4.69) is 29.6 Å². The second kappa shape index (κ2) is 9.09. The zero-order valence-corrected chi connectivity index (χ0v) is 16.0. The highest BCUT2D eigenvalue weighted by atomic mass is 35.5. The summed E-state index contributed by atoms with van der Waals surface area (Å²) in [5.41, 5.74) is 2.19. The maximum Gasteiger partial charge on any atom is 0.224 e. The highest BCUT2D eigenvalue weighted by Crippen LogP contribution is 2.37. The number of amides is 1. The average molecular weight is 372 g/mol. The van der Waals surface area contributed by atoms with E-state index in [-0.39, 0.29) is 5.91 Å². The van der Waals surface area contributed by atoms with Gasteiger partial charge in [0.15, 0.2) is 0 Å². The molecule has 1 aliphatic rings. The molecule has 0 saturated heterocycles. The lowest BCUT2D eigenvalue weighted by molar-refractivity contribution is -0.117. The summed E-state index contributed by atoms with van der Waals surface area (Å²) in [5.74, 6) is 2.10. The van der Waals surface area contributed by atoms with Crippen molar-refractivity contribution in [2.45, 2.75) is 44.9 Å². The Morgan fingerprint density at radius 1 is 1.04 bits per heavy atom. The fourth-order valence-corrected chi connectivity index (χ4v) is 3.84. The third-order valence-electron chi connectivity index (χ3n) is 5.11. The standard InChI is InChI=1S/C22H26ClNO2/c1-2-26-21-13-7-18(8-14-21)17-5-3-16(4-6-17)15-22(25)24-20-11-9-19(23)10-12-20/h7-14,16-17H,2-6,15H2,1H3,(H,24,25)/t16-,17-. The predicted octanol–water partition coefficient (Wildman–Crippen LogP) is 6.04. The first-order valence-corrected chi connectivity index (χ1v) is 9.80. The van der Waals surface area contributed by atoms with E-state index in [1.807, 2.05) is 19.1 Å². The van der Waals surface area contributed by atoms with Crippen LogP contribution >= 0.6 is 11.6 Å². The van der Waals surface area contributed by atoms with Crippen molar-refractivity contribution in [3.8, 4) is 5.75 Å². The number of anilines is 1. The number of hydrogen-bond donors (Lipinski definition) is 1. The molecule has 26 heavy (non-hydrogen) atoms. The second-order valence-electron chi connectivity index (χ2n) is 6.98. The summed E-state index contributed by atoms with van der Waals surface area (Å²) < 4.78 is 5.51. The molecule has 1 fully saturated rings. The smallest absolute Gasteiger partial charge is 0.224 e. The zero-order valence-electron chi connectivity index (χ0n) is 15.2. The fraction of sp³-hybridized carbons (Fsp3) is 0.409. The molecule has 0 heterocycles. The van der Waals surface area contributed by atoms with Crippen LogP contribution in [0.25, 0.3) is 0 Å². The van der Waals surface area contributed by atoms with Crippen LogP contribution in [0.1, 0.15) is 50.5 Å². The third-order valence-corrected chi connectivity index (χ3v) is 5.36. The van der Waals surface area contributed by atoms with Crippen molar-refractivity contribution in [3.05, 3.63) is 59.1 Å². The van der Waals surface area contributed by atoms with E-state index in [1.165, 1.54) is 5.56 Å². The minimum atomic E-state index is 0.0943. The molecule has 4 heteroatoms. The van der Waals surface area contributed by atoms with E-state index >= 15 is 0 Å². The van der Waals surface area contributed by atoms with Gasteiger partial charge in [0.25, 0.3) is 0 Å². The first kappa shape index (κ1) is 18.8. The van der Waals surface area contributed by atoms with E-state index in [4.69, 9.17) is 16.3 Å². The van der Waals surface area contributed by atoms with E-state index in [0.717, 1.165) is 37.1 Å². The normalized spacial score (nSPS) is 19.8. The van der Waals surface area contributed by atoms with Crippen molar-refractivity contribution in [1.29, 1.82) is 0 Å². The van der Waals surface area contributed by atoms with Crippen LogP contribution in [-0.4, -0.2) is 12.5 Å². The van der Waals surface area contributed by atoms with Crippen LogP contribution in [0.3, 0.4) is 0 Å². The van der Waals surface area contributed by atoms with Crippen LogP contribution in [-0.2, 0) is 4.79 Å². The number of carbonyl (C=O) groups excluding carboxylic acids is 1. The molecule has 3 nitrogen and oxygen atoms in total. The lowest BCUT2D eigenvalue weighted by Gasteiger charge is -2.28. The van der Waals surface area contributed by atoms with Crippen LogP contribution in [0.2, 0.25) is 5.02 Å². The number of hydrogen-bond acceptors (Lipinski definition) is 2. The Hall–Kier alpha value is -2.00. The van der Waals surface area contributed by atoms with E-state index in [1.54, 1.807) is 12.1 Å². The van der Waals surface area contributed by atoms with Gasteiger partial charge in [-0.15, -0.1) is 0 Å². The van der Waals surface area contributed by atoms with Gasteiger partial charge < -0.3 is 10.1 Å². The van der Waals surface area contributed by atoms with Crippen molar-refractivity contribution in [3.63, 3.8) is 0 Å². The number of ether oxygens (including phenoxy) is 1. The average Bonchev–Trinajstić information content (AvgIpc) is 2.65. The van der Waals surface area contributed by atoms with Gasteiger partial charge >= 0.3 is 0 Å². The van der Waals surface area contributed by atoms with Gasteiger partial charge in [-0.1, -0.05) is 23.7 Å². The minimum absolute atomic E-state index is 0.0943. The molecule has 0 aromatic heterocycles. The Labute approximate surface area is 160 Å². The van der Waals surface area contributed by atoms with Crippen LogP contribution in [0.15, 0.2) is 48.5 Å². The number of halogens is 1. The molecule has 1 aliphatic carbocycles. The van der Waals surface area contributed by atoms with E-state index in [0.29, 0.717) is 29.9 Å². The van der Waals surface area contributed by atoms with Crippen LogP contribution < -0.4 is 10.1 Å². The first-order chi connectivity index (χ1) is 12.6. The Morgan fingerprint density at radius 2 is 1.69 bits per heavy atom. The molecule has 0 bridgehead atoms. The van der Waals surface area contributed by atoms with Gasteiger partial charge in [-0.2, -0.15) is 0 Å². The molecule has 2 aromatic carbocycles. The molecule has 0 aliphatic heterocycles. The van der Waals surface area contributed by atoms with Crippen LogP contribution in [0.4, 0.5) is 5.69 Å². The Kier molecular flexibility index (Phi) is 6.56. The first-order valence-electron chi connectivity index (χ1n) is 9.42. The van der Waals surface area contributed by atoms with Gasteiger partial charge in [0.05, 0.1) is 6.61 Å². The molecule has 1 saturated carbocycles. The van der Waals surface area contributed by atoms with Gasteiger partial charge in [-0.3, -0.25) is 4.79 Å². The Balaban J connectivity index is 1.45. The van der Waals surface area contributed by atoms with Crippen molar-refractivity contribution >= 4 is 23.2 Å². The second-order valence-corrected chi connectivity index (χ2v) is 7.42. The van der Waals surface area contributed by atoms with Gasteiger partial charge in [0.2, 0.25) is 5.91 Å². The number of benzene rings is 2. The Morgan fingerprint density at radius 3 is 2.31 bits per heavy atom. The summed E-state index contributed by atoms with van der Waals surface area (Å²) in [7, 11) is 0. The largest absolute Gasteiger partial charge is 0.494 e. The lowest BCUT2D eigenvalue weighted by atomic mass is 9.77. The fourth-order valence-electron chi connectivity index (χ4n) is 3.71. The van der Waals surface area contributed by atoms with Crippen LogP contribution in [0, 0.1) is 5.92 Å². The van der Waals surface area contributed by atoms with Gasteiger partial charge in [-0.25, -0.2) is 0 Å². The molecule has 0 spiro atoms. The molecule has 3 rings (SSSR count). The minimum Gasteiger partial charge on any atom is -0.494 e. The molecule has 138 valence electrons. The van der Waals surface area contributed by atoms with Crippen molar-refractivity contribution in [2.24, 2.45) is 5.92 Å². The van der Waals surface area contributed by atoms with Gasteiger partial charge in [0.1, 0.15) is 5.75 Å². The van der Waals surface area contributed by atoms with E-state index in [9.17, 15) is 4.79 Å². The molecule has 0 unspecified atom stereocenters. The highest BCUT2D eigenvalue weighted by Gasteiger charge is 2.24. The summed E-state index contributed by atoms with van der Waals surface area (Å²) in [6, 6.07) is 15.7. The molecule has 1 N–H and O–H groups in total. The van der Waals surface area contributed by atoms with Crippen LogP contribution in [0.5, 0.6) is 5.75 Å². The van der Waals surface area contributed by atoms with Crippen molar-refractivity contribution in [1.82, 2.24) is 0 Å². The van der Waals surface area contributed by atoms with Gasteiger partial charge in [-0.05, 0) is 86.4 Å². The van der Waals surface area contributed by atoms with Crippen molar-refractivity contribution < 1.29 is 9.53 Å². The molecular weight excluding hydrogens is 346 g/mol. The lowest BCUT2D eigenvalue weighted by Crippen LogP contribution is -2.20. The summed E-state index contributed by atoms with van der Waals surface area (Å²) in [4.78, 5) is 12.3. The quantitative estimate of drug-likeness (QED) is 0.672. The summed E-state index contributed by atoms with van der Waals surface area (Å²) in [5, 5.41) is 3.64. The maximum absolute atomic E-state index is 12.3. The predicted molar refractivity (Wildman–Crippen MR) is 107 cm³/mol. The zero-order chi connectivity index (χ0) is 18.4. The highest BCUT2D eigenvalue weighted by molar-refractivity contribution is 6.30.